The van der Waals surface area contributed by atoms with Gasteiger partial charge in [0.25, 0.3) is 0 Å². The summed E-state index contributed by atoms with van der Waals surface area (Å²) in [6.07, 6.45) is 5.10. The number of hydrogen-bond acceptors (Lipinski definition) is 3. The van der Waals surface area contributed by atoms with Crippen molar-refractivity contribution in [2.45, 2.75) is 31.7 Å². The minimum Gasteiger partial charge on any atom is -0.384 e. The number of rotatable bonds is 4. The van der Waals surface area contributed by atoms with Crippen LogP contribution in [0.2, 0.25) is 0 Å². The van der Waals surface area contributed by atoms with E-state index in [1.165, 1.54) is 25.8 Å². The lowest BCUT2D eigenvalue weighted by molar-refractivity contribution is 0.179. The van der Waals surface area contributed by atoms with Gasteiger partial charge in [-0.3, -0.25) is 0 Å². The molecule has 4 heteroatoms. The minimum absolute atomic E-state index is 0.683. The van der Waals surface area contributed by atoms with Crippen LogP contribution >= 0.6 is 15.9 Å². The Morgan fingerprint density at radius 3 is 3.05 bits per heavy atom. The molecular weight excluding hydrogens is 302 g/mol. The molecular formula is C15H20BrN3. The van der Waals surface area contributed by atoms with E-state index in [0.29, 0.717) is 11.6 Å². The Bertz CT molecular complexity index is 467. The third-order valence-corrected chi connectivity index (χ3v) is 4.31. The second-order valence-corrected chi connectivity index (χ2v) is 6.06. The lowest BCUT2D eigenvalue weighted by Gasteiger charge is -2.32. The molecule has 0 radical (unpaired) electrons. The van der Waals surface area contributed by atoms with E-state index in [-0.39, 0.29) is 0 Å². The maximum absolute atomic E-state index is 9.11. The Labute approximate surface area is 123 Å². The van der Waals surface area contributed by atoms with Gasteiger partial charge in [0.05, 0.1) is 11.3 Å². The van der Waals surface area contributed by atoms with Gasteiger partial charge in [-0.2, -0.15) is 5.26 Å². The summed E-state index contributed by atoms with van der Waals surface area (Å²) in [5, 5.41) is 12.5. The fourth-order valence-electron chi connectivity index (χ4n) is 2.65. The normalized spacial score (nSPS) is 19.9. The minimum atomic E-state index is 0.683. The van der Waals surface area contributed by atoms with Crippen LogP contribution < -0.4 is 5.32 Å². The fourth-order valence-corrected chi connectivity index (χ4v) is 3.01. The van der Waals surface area contributed by atoms with Crippen LogP contribution in [0.25, 0.3) is 0 Å². The Kier molecular flexibility index (Phi) is 5.24. The van der Waals surface area contributed by atoms with Crippen molar-refractivity contribution in [2.24, 2.45) is 0 Å². The van der Waals surface area contributed by atoms with Gasteiger partial charge in [-0.25, -0.2) is 0 Å². The second kappa shape index (κ2) is 6.93. The number of nitriles is 1. The highest BCUT2D eigenvalue weighted by Crippen LogP contribution is 2.21. The van der Waals surface area contributed by atoms with Crippen molar-refractivity contribution in [3.05, 3.63) is 28.2 Å². The van der Waals surface area contributed by atoms with Crippen LogP contribution in [-0.2, 0) is 0 Å². The van der Waals surface area contributed by atoms with Gasteiger partial charge in [0.1, 0.15) is 6.07 Å². The molecule has 1 unspecified atom stereocenters. The molecule has 1 aromatic rings. The van der Waals surface area contributed by atoms with E-state index in [2.05, 4.69) is 39.3 Å². The summed E-state index contributed by atoms with van der Waals surface area (Å²) < 4.78 is 0.946. The summed E-state index contributed by atoms with van der Waals surface area (Å²) in [5.74, 6) is 0. The van der Waals surface area contributed by atoms with E-state index in [1.807, 2.05) is 18.2 Å². The van der Waals surface area contributed by atoms with Crippen LogP contribution in [0.1, 0.15) is 31.2 Å². The predicted molar refractivity (Wildman–Crippen MR) is 82.2 cm³/mol. The number of hydrogen-bond donors (Lipinski definition) is 1. The highest BCUT2D eigenvalue weighted by Gasteiger charge is 2.18. The van der Waals surface area contributed by atoms with Crippen molar-refractivity contribution in [3.8, 4) is 6.07 Å². The van der Waals surface area contributed by atoms with Crippen LogP contribution in [-0.4, -0.2) is 31.1 Å². The van der Waals surface area contributed by atoms with Gasteiger partial charge in [0.15, 0.2) is 0 Å². The van der Waals surface area contributed by atoms with Gasteiger partial charge in [-0.05, 0) is 51.1 Å². The lowest BCUT2D eigenvalue weighted by Crippen LogP contribution is -2.37. The van der Waals surface area contributed by atoms with Crippen LogP contribution in [0.15, 0.2) is 22.7 Å². The van der Waals surface area contributed by atoms with E-state index in [4.69, 9.17) is 5.26 Å². The van der Waals surface area contributed by atoms with Crippen molar-refractivity contribution in [1.29, 1.82) is 5.26 Å². The summed E-state index contributed by atoms with van der Waals surface area (Å²) in [4.78, 5) is 2.46. The summed E-state index contributed by atoms with van der Waals surface area (Å²) in [6, 6.07) is 8.70. The zero-order chi connectivity index (χ0) is 13.7. The Morgan fingerprint density at radius 2 is 2.32 bits per heavy atom. The van der Waals surface area contributed by atoms with Gasteiger partial charge in [-0.15, -0.1) is 0 Å². The highest BCUT2D eigenvalue weighted by molar-refractivity contribution is 9.10. The van der Waals surface area contributed by atoms with Crippen molar-refractivity contribution in [2.75, 3.05) is 25.5 Å². The fraction of sp³-hybridized carbons (Fsp3) is 0.533. The molecule has 0 bridgehead atoms. The third kappa shape index (κ3) is 3.95. The van der Waals surface area contributed by atoms with E-state index in [9.17, 15) is 0 Å². The van der Waals surface area contributed by atoms with Gasteiger partial charge < -0.3 is 10.2 Å². The van der Waals surface area contributed by atoms with Crippen LogP contribution in [0.4, 0.5) is 5.69 Å². The number of nitrogens with zero attached hydrogens (tertiary/aromatic N) is 2. The monoisotopic (exact) mass is 321 g/mol. The Balaban J connectivity index is 1.87. The van der Waals surface area contributed by atoms with Crippen molar-refractivity contribution >= 4 is 21.6 Å². The molecule has 1 aliphatic rings. The van der Waals surface area contributed by atoms with Gasteiger partial charge >= 0.3 is 0 Å². The summed E-state index contributed by atoms with van der Waals surface area (Å²) in [7, 11) is 2.21. The van der Waals surface area contributed by atoms with Crippen LogP contribution in [0, 0.1) is 11.3 Å². The molecule has 102 valence electrons. The molecule has 1 N–H and O–H groups in total. The third-order valence-electron chi connectivity index (χ3n) is 3.82. The van der Waals surface area contributed by atoms with Crippen LogP contribution in [0.5, 0.6) is 0 Å². The van der Waals surface area contributed by atoms with Crippen LogP contribution in [0.3, 0.4) is 0 Å². The average Bonchev–Trinajstić information content (AvgIpc) is 2.42. The lowest BCUT2D eigenvalue weighted by atomic mass is 10.00. The van der Waals surface area contributed by atoms with Gasteiger partial charge in [0, 0.05) is 17.1 Å². The zero-order valence-electron chi connectivity index (χ0n) is 11.3. The topological polar surface area (TPSA) is 39.1 Å². The molecule has 1 heterocycles. The molecule has 1 fully saturated rings. The smallest absolute Gasteiger partial charge is 0.101 e. The van der Waals surface area contributed by atoms with E-state index in [0.717, 1.165) is 23.1 Å². The highest BCUT2D eigenvalue weighted by atomic mass is 79.9. The standard InChI is InChI=1S/C15H20BrN3/c1-19-9-3-2-4-14(19)7-8-18-15-6-5-13(16)10-12(15)11-17/h5-6,10,14,18H,2-4,7-9H2,1H3. The molecule has 0 aromatic heterocycles. The zero-order valence-corrected chi connectivity index (χ0v) is 12.9. The maximum atomic E-state index is 9.11. The molecule has 19 heavy (non-hydrogen) atoms. The SMILES string of the molecule is CN1CCCCC1CCNc1ccc(Br)cc1C#N. The molecule has 1 atom stereocenters. The Hall–Kier alpha value is -1.05. The summed E-state index contributed by atoms with van der Waals surface area (Å²) >= 11 is 3.39. The number of likely N-dealkylation sites (tertiary alicyclic amines) is 1. The van der Waals surface area contributed by atoms with E-state index >= 15 is 0 Å². The Morgan fingerprint density at radius 1 is 1.47 bits per heavy atom. The molecule has 0 saturated carbocycles. The molecule has 0 spiro atoms. The molecule has 3 nitrogen and oxygen atoms in total. The second-order valence-electron chi connectivity index (χ2n) is 5.15. The van der Waals surface area contributed by atoms with Crippen molar-refractivity contribution in [3.63, 3.8) is 0 Å². The largest absolute Gasteiger partial charge is 0.384 e. The molecule has 1 saturated heterocycles. The quantitative estimate of drug-likeness (QED) is 0.920. The summed E-state index contributed by atoms with van der Waals surface area (Å²) in [6.45, 7) is 2.14. The first-order valence-corrected chi connectivity index (χ1v) is 7.64. The predicted octanol–water partition coefficient (Wildman–Crippen LogP) is 3.61. The first kappa shape index (κ1) is 14.4. The first-order chi connectivity index (χ1) is 9.20. The van der Waals surface area contributed by atoms with E-state index < -0.39 is 0 Å². The van der Waals surface area contributed by atoms with Crippen molar-refractivity contribution in [1.82, 2.24) is 4.90 Å². The molecule has 0 aliphatic carbocycles. The molecule has 1 aliphatic heterocycles. The van der Waals surface area contributed by atoms with Gasteiger partial charge in [-0.1, -0.05) is 22.4 Å². The number of halogens is 1. The van der Waals surface area contributed by atoms with Gasteiger partial charge in [0.2, 0.25) is 0 Å². The molecule has 0 amide bonds. The number of benzene rings is 1. The summed E-state index contributed by atoms with van der Waals surface area (Å²) in [5.41, 5.74) is 1.63. The molecule has 2 rings (SSSR count). The molecule has 1 aromatic carbocycles. The van der Waals surface area contributed by atoms with E-state index in [1.54, 1.807) is 0 Å². The van der Waals surface area contributed by atoms with Crippen molar-refractivity contribution < 1.29 is 0 Å². The first-order valence-electron chi connectivity index (χ1n) is 6.84. The maximum Gasteiger partial charge on any atom is 0.101 e. The number of piperidine rings is 1. The number of anilines is 1. The number of nitrogens with one attached hydrogen (secondary N) is 1. The average molecular weight is 322 g/mol.